The standard InChI is InChI=1S/C10H10O3/c11-9-3-1-2-8(9)10(12)7-4-5-13-6-7/h2,4-6,10,12H,1,3H2. The first kappa shape index (κ1) is 8.26. The maximum atomic E-state index is 11.3. The third kappa shape index (κ3) is 1.42. The summed E-state index contributed by atoms with van der Waals surface area (Å²) in [6.07, 6.45) is 5.18. The van der Waals surface area contributed by atoms with Crippen molar-refractivity contribution in [3.63, 3.8) is 0 Å². The van der Waals surface area contributed by atoms with Gasteiger partial charge >= 0.3 is 0 Å². The van der Waals surface area contributed by atoms with Crippen LogP contribution in [-0.4, -0.2) is 10.9 Å². The lowest BCUT2D eigenvalue weighted by Crippen LogP contribution is -2.06. The van der Waals surface area contributed by atoms with E-state index in [0.29, 0.717) is 17.6 Å². The third-order valence-electron chi connectivity index (χ3n) is 2.21. The Bertz CT molecular complexity index is 335. The summed E-state index contributed by atoms with van der Waals surface area (Å²) in [4.78, 5) is 11.3. The number of carbonyl (C=O) groups excluding carboxylic acids is 1. The molecule has 1 heterocycles. The molecule has 0 aliphatic heterocycles. The molecule has 0 amide bonds. The average Bonchev–Trinajstić information content (AvgIpc) is 2.72. The van der Waals surface area contributed by atoms with E-state index in [2.05, 4.69) is 0 Å². The van der Waals surface area contributed by atoms with E-state index in [9.17, 15) is 9.90 Å². The number of aliphatic hydroxyl groups is 1. The highest BCUT2D eigenvalue weighted by Crippen LogP contribution is 2.27. The predicted octanol–water partition coefficient (Wildman–Crippen LogP) is 1.60. The van der Waals surface area contributed by atoms with Gasteiger partial charge in [0.15, 0.2) is 5.78 Å². The van der Waals surface area contributed by atoms with Crippen LogP contribution in [0.3, 0.4) is 0 Å². The van der Waals surface area contributed by atoms with Crippen LogP contribution < -0.4 is 0 Å². The zero-order valence-electron chi connectivity index (χ0n) is 7.06. The van der Waals surface area contributed by atoms with Crippen LogP contribution in [0.5, 0.6) is 0 Å². The van der Waals surface area contributed by atoms with Crippen molar-refractivity contribution in [3.05, 3.63) is 35.8 Å². The second kappa shape index (κ2) is 3.18. The number of Topliss-reactive ketones (excluding diaryl/α,β-unsaturated/α-hetero) is 1. The molecular weight excluding hydrogens is 168 g/mol. The maximum absolute atomic E-state index is 11.3. The quantitative estimate of drug-likeness (QED) is 0.748. The largest absolute Gasteiger partial charge is 0.472 e. The van der Waals surface area contributed by atoms with E-state index >= 15 is 0 Å². The summed E-state index contributed by atoms with van der Waals surface area (Å²) in [7, 11) is 0. The van der Waals surface area contributed by atoms with Crippen molar-refractivity contribution < 1.29 is 14.3 Å². The summed E-state index contributed by atoms with van der Waals surface area (Å²) in [5.41, 5.74) is 1.14. The number of hydrogen-bond acceptors (Lipinski definition) is 3. The fraction of sp³-hybridized carbons (Fsp3) is 0.300. The third-order valence-corrected chi connectivity index (χ3v) is 2.21. The van der Waals surface area contributed by atoms with Crippen LogP contribution in [0.4, 0.5) is 0 Å². The van der Waals surface area contributed by atoms with Gasteiger partial charge in [0.2, 0.25) is 0 Å². The Morgan fingerprint density at radius 3 is 2.92 bits per heavy atom. The molecule has 0 spiro atoms. The first-order valence-corrected chi connectivity index (χ1v) is 4.22. The smallest absolute Gasteiger partial charge is 0.161 e. The molecule has 0 radical (unpaired) electrons. The summed E-state index contributed by atoms with van der Waals surface area (Å²) >= 11 is 0. The van der Waals surface area contributed by atoms with Gasteiger partial charge in [-0.05, 0) is 12.5 Å². The molecule has 1 aliphatic carbocycles. The highest BCUT2D eigenvalue weighted by Gasteiger charge is 2.23. The summed E-state index contributed by atoms with van der Waals surface area (Å²) in [6, 6.07) is 1.66. The Morgan fingerprint density at radius 1 is 1.54 bits per heavy atom. The van der Waals surface area contributed by atoms with Gasteiger partial charge in [-0.1, -0.05) is 6.08 Å². The molecule has 3 heteroatoms. The number of furan rings is 1. The van der Waals surface area contributed by atoms with Crippen LogP contribution in [0.25, 0.3) is 0 Å². The Hall–Kier alpha value is -1.35. The van der Waals surface area contributed by atoms with Crippen LogP contribution in [0, 0.1) is 0 Å². The lowest BCUT2D eigenvalue weighted by atomic mass is 10.0. The predicted molar refractivity (Wildman–Crippen MR) is 46.0 cm³/mol. The fourth-order valence-corrected chi connectivity index (χ4v) is 1.49. The van der Waals surface area contributed by atoms with Gasteiger partial charge in [-0.25, -0.2) is 0 Å². The Labute approximate surface area is 75.7 Å². The van der Waals surface area contributed by atoms with E-state index in [4.69, 9.17) is 4.42 Å². The van der Waals surface area contributed by atoms with Crippen molar-refractivity contribution in [1.29, 1.82) is 0 Å². The van der Waals surface area contributed by atoms with Gasteiger partial charge in [-0.15, -0.1) is 0 Å². The van der Waals surface area contributed by atoms with Crippen molar-refractivity contribution >= 4 is 5.78 Å². The molecule has 1 N–H and O–H groups in total. The second-order valence-electron chi connectivity index (χ2n) is 3.08. The highest BCUT2D eigenvalue weighted by atomic mass is 16.3. The molecular formula is C10H10O3. The molecule has 0 aromatic carbocycles. The molecule has 1 atom stereocenters. The van der Waals surface area contributed by atoms with Crippen LogP contribution in [0.2, 0.25) is 0 Å². The number of rotatable bonds is 2. The number of carbonyl (C=O) groups is 1. The van der Waals surface area contributed by atoms with Crippen molar-refractivity contribution in [2.45, 2.75) is 18.9 Å². The summed E-state index contributed by atoms with van der Waals surface area (Å²) in [5.74, 6) is 0.0358. The molecule has 0 saturated carbocycles. The first-order valence-electron chi connectivity index (χ1n) is 4.22. The van der Waals surface area contributed by atoms with E-state index in [-0.39, 0.29) is 5.78 Å². The van der Waals surface area contributed by atoms with Crippen LogP contribution in [0.1, 0.15) is 24.5 Å². The molecule has 0 bridgehead atoms. The minimum atomic E-state index is -0.811. The molecule has 0 saturated heterocycles. The minimum Gasteiger partial charge on any atom is -0.472 e. The van der Waals surface area contributed by atoms with Gasteiger partial charge in [0.25, 0.3) is 0 Å². The first-order chi connectivity index (χ1) is 6.29. The number of hydrogen-bond donors (Lipinski definition) is 1. The molecule has 68 valence electrons. The molecule has 1 unspecified atom stereocenters. The molecule has 1 aliphatic rings. The van der Waals surface area contributed by atoms with Gasteiger partial charge in [-0.2, -0.15) is 0 Å². The molecule has 13 heavy (non-hydrogen) atoms. The van der Waals surface area contributed by atoms with Gasteiger partial charge in [0.1, 0.15) is 6.10 Å². The van der Waals surface area contributed by atoms with Crippen molar-refractivity contribution in [1.82, 2.24) is 0 Å². The fourth-order valence-electron chi connectivity index (χ4n) is 1.49. The monoisotopic (exact) mass is 178 g/mol. The lowest BCUT2D eigenvalue weighted by molar-refractivity contribution is -0.115. The Kier molecular flexibility index (Phi) is 2.02. The maximum Gasteiger partial charge on any atom is 0.161 e. The van der Waals surface area contributed by atoms with Crippen molar-refractivity contribution in [2.24, 2.45) is 0 Å². The molecule has 2 rings (SSSR count). The minimum absolute atomic E-state index is 0.0358. The average molecular weight is 178 g/mol. The molecule has 1 aromatic heterocycles. The Balaban J connectivity index is 2.22. The number of aliphatic hydroxyl groups excluding tert-OH is 1. The van der Waals surface area contributed by atoms with Gasteiger partial charge in [-0.3, -0.25) is 4.79 Å². The van der Waals surface area contributed by atoms with E-state index in [1.807, 2.05) is 0 Å². The van der Waals surface area contributed by atoms with E-state index < -0.39 is 6.10 Å². The van der Waals surface area contributed by atoms with E-state index in [1.165, 1.54) is 12.5 Å². The zero-order chi connectivity index (χ0) is 9.26. The van der Waals surface area contributed by atoms with Crippen molar-refractivity contribution in [3.8, 4) is 0 Å². The number of ketones is 1. The topological polar surface area (TPSA) is 50.4 Å². The summed E-state index contributed by atoms with van der Waals surface area (Å²) in [5, 5.41) is 9.73. The summed E-state index contributed by atoms with van der Waals surface area (Å²) < 4.78 is 4.83. The SMILES string of the molecule is O=C1CCC=C1C(O)c1ccoc1. The summed E-state index contributed by atoms with van der Waals surface area (Å²) in [6.45, 7) is 0. The van der Waals surface area contributed by atoms with Gasteiger partial charge < -0.3 is 9.52 Å². The van der Waals surface area contributed by atoms with E-state index in [1.54, 1.807) is 12.1 Å². The lowest BCUT2D eigenvalue weighted by Gasteiger charge is -2.07. The normalized spacial score (nSPS) is 18.8. The molecule has 1 aromatic rings. The van der Waals surface area contributed by atoms with Crippen LogP contribution >= 0.6 is 0 Å². The number of allylic oxidation sites excluding steroid dienone is 1. The second-order valence-corrected chi connectivity index (χ2v) is 3.08. The van der Waals surface area contributed by atoms with Gasteiger partial charge in [0, 0.05) is 17.6 Å². The van der Waals surface area contributed by atoms with Crippen LogP contribution in [0.15, 0.2) is 34.7 Å². The van der Waals surface area contributed by atoms with Gasteiger partial charge in [0.05, 0.1) is 12.5 Å². The van der Waals surface area contributed by atoms with Crippen LogP contribution in [-0.2, 0) is 4.79 Å². The van der Waals surface area contributed by atoms with Crippen molar-refractivity contribution in [2.75, 3.05) is 0 Å². The Morgan fingerprint density at radius 2 is 2.38 bits per heavy atom. The zero-order valence-corrected chi connectivity index (χ0v) is 7.06. The van der Waals surface area contributed by atoms with E-state index in [0.717, 1.165) is 6.42 Å². The highest BCUT2D eigenvalue weighted by molar-refractivity contribution is 5.98. The molecule has 3 nitrogen and oxygen atoms in total. The molecule has 0 fully saturated rings.